The van der Waals surface area contributed by atoms with Crippen LogP contribution in [0.5, 0.6) is 0 Å². The summed E-state index contributed by atoms with van der Waals surface area (Å²) in [5, 5.41) is 0. The Morgan fingerprint density at radius 3 is 2.58 bits per heavy atom. The van der Waals surface area contributed by atoms with Crippen molar-refractivity contribution >= 4 is 23.7 Å². The van der Waals surface area contributed by atoms with E-state index >= 15 is 0 Å². The lowest BCUT2D eigenvalue weighted by molar-refractivity contribution is -0.546. The molecule has 0 bridgehead atoms. The summed E-state index contributed by atoms with van der Waals surface area (Å²) in [6, 6.07) is -0.157. The first kappa shape index (κ1) is 17.5. The summed E-state index contributed by atoms with van der Waals surface area (Å²) in [6.07, 6.45) is 7.31. The number of urea groups is 1. The minimum absolute atomic E-state index is 0.110. The van der Waals surface area contributed by atoms with E-state index in [2.05, 4.69) is 9.48 Å². The van der Waals surface area contributed by atoms with Crippen molar-refractivity contribution in [2.24, 2.45) is 10.9 Å². The molecule has 7 nitrogen and oxygen atoms in total. The molecule has 1 atom stereocenters. The molecule has 3 amide bonds. The van der Waals surface area contributed by atoms with E-state index in [1.165, 1.54) is 37.0 Å². The zero-order chi connectivity index (χ0) is 18.4. The molecule has 0 aromatic heterocycles. The molecule has 1 aliphatic carbocycles. The van der Waals surface area contributed by atoms with Crippen LogP contribution in [0.4, 0.5) is 4.79 Å². The highest BCUT2D eigenvalue weighted by Crippen LogP contribution is 2.29. The van der Waals surface area contributed by atoms with Crippen molar-refractivity contribution in [2.75, 3.05) is 26.7 Å². The second kappa shape index (κ2) is 6.67. The fourth-order valence-corrected chi connectivity index (χ4v) is 4.75. The van der Waals surface area contributed by atoms with Crippen molar-refractivity contribution in [1.82, 2.24) is 14.7 Å². The number of hydrogen-bond acceptors (Lipinski definition) is 4. The van der Waals surface area contributed by atoms with Crippen LogP contribution >= 0.6 is 0 Å². The van der Waals surface area contributed by atoms with Crippen LogP contribution in [-0.2, 0) is 4.79 Å². The Kier molecular flexibility index (Phi) is 4.49. The topological polar surface area (TPSA) is 59.2 Å². The van der Waals surface area contributed by atoms with Crippen LogP contribution in [0.3, 0.4) is 0 Å². The van der Waals surface area contributed by atoms with Gasteiger partial charge in [-0.25, -0.2) is 9.37 Å². The molecule has 1 saturated carbocycles. The number of nitrogens with zero attached hydrogens (tertiary/aromatic N) is 5. The Morgan fingerprint density at radius 2 is 1.88 bits per heavy atom. The van der Waals surface area contributed by atoms with Gasteiger partial charge in [-0.1, -0.05) is 38.1 Å². The Bertz CT molecular complexity index is 677. The number of fused-ring (bicyclic) bond motifs is 2. The van der Waals surface area contributed by atoms with Gasteiger partial charge in [0.15, 0.2) is 0 Å². The zero-order valence-electron chi connectivity index (χ0n) is 16.1. The third-order valence-electron chi connectivity index (χ3n) is 6.01. The number of amides is 3. The summed E-state index contributed by atoms with van der Waals surface area (Å²) >= 11 is 0. The molecule has 0 spiro atoms. The summed E-state index contributed by atoms with van der Waals surface area (Å²) in [4.78, 5) is 36.1. The number of aliphatic imine (C=N–C) groups is 1. The van der Waals surface area contributed by atoms with Crippen molar-refractivity contribution in [3.8, 4) is 0 Å². The number of likely N-dealkylation sites (N-methyl/N-ethyl adjacent to an activating group) is 1. The van der Waals surface area contributed by atoms with Gasteiger partial charge in [0, 0.05) is 20.0 Å². The van der Waals surface area contributed by atoms with Crippen LogP contribution in [0.1, 0.15) is 52.4 Å². The van der Waals surface area contributed by atoms with Gasteiger partial charge in [-0.15, -0.1) is 0 Å². The lowest BCUT2D eigenvalue weighted by Gasteiger charge is -2.36. The van der Waals surface area contributed by atoms with E-state index in [1.807, 2.05) is 13.8 Å². The smallest absolute Gasteiger partial charge is 0.270 e. The number of imide groups is 1. The van der Waals surface area contributed by atoms with Gasteiger partial charge in [-0.2, -0.15) is 0 Å². The maximum atomic E-state index is 13.2. The number of rotatable bonds is 3. The minimum Gasteiger partial charge on any atom is -0.270 e. The average molecular weight is 360 g/mol. The number of guanidine groups is 1. The first-order chi connectivity index (χ1) is 12.5. The van der Waals surface area contributed by atoms with E-state index < -0.39 is 6.04 Å². The van der Waals surface area contributed by atoms with E-state index in [1.54, 1.807) is 11.9 Å². The van der Waals surface area contributed by atoms with Gasteiger partial charge in [0.05, 0.1) is 19.1 Å². The molecule has 26 heavy (non-hydrogen) atoms. The highest BCUT2D eigenvalue weighted by Gasteiger charge is 2.54. The van der Waals surface area contributed by atoms with E-state index in [0.717, 1.165) is 25.5 Å². The predicted molar refractivity (Wildman–Crippen MR) is 99.3 cm³/mol. The Hall–Kier alpha value is -1.92. The van der Waals surface area contributed by atoms with Gasteiger partial charge < -0.3 is 0 Å². The van der Waals surface area contributed by atoms with Gasteiger partial charge in [0.2, 0.25) is 11.9 Å². The molecule has 1 saturated heterocycles. The number of carbonyl (C=O) groups excluding carboxylic acids is 2. The van der Waals surface area contributed by atoms with E-state index in [4.69, 9.17) is 4.99 Å². The second-order valence-corrected chi connectivity index (χ2v) is 8.39. The summed E-state index contributed by atoms with van der Waals surface area (Å²) < 4.78 is 2.14. The number of amidine groups is 1. The minimum atomic E-state index is -0.433. The molecule has 0 radical (unpaired) electrons. The molecule has 4 rings (SSSR count). The maximum Gasteiger partial charge on any atom is 0.392 e. The summed E-state index contributed by atoms with van der Waals surface area (Å²) in [6.45, 7) is 6.35. The summed E-state index contributed by atoms with van der Waals surface area (Å²) in [5.74, 6) is 1.67. The molecule has 0 aromatic rings. The SMILES string of the molecule is CC(C)CN1C(=O)C2C(=NC3=[N+]2CCCN3C2CCCCC2)N(C)C1=O. The van der Waals surface area contributed by atoms with Crippen molar-refractivity contribution < 1.29 is 14.2 Å². The van der Waals surface area contributed by atoms with Crippen LogP contribution in [0, 0.1) is 5.92 Å². The number of hydrogen-bond donors (Lipinski definition) is 0. The highest BCUT2D eigenvalue weighted by atomic mass is 16.2. The number of carbonyl (C=O) groups is 2. The lowest BCUT2D eigenvalue weighted by atomic mass is 9.94. The molecule has 0 N–H and O–H groups in total. The third-order valence-corrected chi connectivity index (χ3v) is 6.01. The fraction of sp³-hybridized carbons (Fsp3) is 0.789. The van der Waals surface area contributed by atoms with Gasteiger partial charge in [0.1, 0.15) is 0 Å². The van der Waals surface area contributed by atoms with Crippen LogP contribution in [0.2, 0.25) is 0 Å². The first-order valence-electron chi connectivity index (χ1n) is 10.1. The molecule has 1 unspecified atom stereocenters. The standard InChI is InChI=1S/C19H30N5O2/c1-13(2)12-24-17(25)15-16(21(3)19(24)26)20-18-22(10-7-11-23(15)18)14-8-5-4-6-9-14/h13-15H,4-12H2,1-3H3/q+1. The molecular formula is C19H30N5O2+. The van der Waals surface area contributed by atoms with Gasteiger partial charge in [-0.05, 0) is 18.8 Å². The molecule has 3 heterocycles. The normalized spacial score (nSPS) is 27.3. The van der Waals surface area contributed by atoms with Crippen LogP contribution in [-0.4, -0.2) is 81.8 Å². The highest BCUT2D eigenvalue weighted by molar-refractivity contribution is 6.22. The molecule has 0 aromatic carbocycles. The molecule has 2 fully saturated rings. The largest absolute Gasteiger partial charge is 0.392 e. The average Bonchev–Trinajstić information content (AvgIpc) is 3.04. The van der Waals surface area contributed by atoms with Gasteiger partial charge in [-0.3, -0.25) is 19.5 Å². The molecule has 4 aliphatic rings. The third kappa shape index (κ3) is 2.72. The van der Waals surface area contributed by atoms with Crippen molar-refractivity contribution in [1.29, 1.82) is 0 Å². The van der Waals surface area contributed by atoms with E-state index in [0.29, 0.717) is 18.4 Å². The first-order valence-corrected chi connectivity index (χ1v) is 10.1. The molecular weight excluding hydrogens is 330 g/mol. The van der Waals surface area contributed by atoms with Crippen LogP contribution < -0.4 is 0 Å². The molecule has 7 heteroatoms. The van der Waals surface area contributed by atoms with Crippen molar-refractivity contribution in [3.05, 3.63) is 0 Å². The Balaban J connectivity index is 1.67. The molecule has 142 valence electrons. The predicted octanol–water partition coefficient (Wildman–Crippen LogP) is 1.72. The van der Waals surface area contributed by atoms with Crippen LogP contribution in [0.15, 0.2) is 4.99 Å². The van der Waals surface area contributed by atoms with Gasteiger partial charge in [0.25, 0.3) is 5.91 Å². The quantitative estimate of drug-likeness (QED) is 0.720. The second-order valence-electron chi connectivity index (χ2n) is 8.39. The van der Waals surface area contributed by atoms with E-state index in [9.17, 15) is 9.59 Å². The monoisotopic (exact) mass is 360 g/mol. The van der Waals surface area contributed by atoms with Crippen molar-refractivity contribution in [2.45, 2.75) is 64.5 Å². The van der Waals surface area contributed by atoms with Crippen molar-refractivity contribution in [3.63, 3.8) is 0 Å². The Morgan fingerprint density at radius 1 is 1.15 bits per heavy atom. The van der Waals surface area contributed by atoms with Gasteiger partial charge >= 0.3 is 12.0 Å². The lowest BCUT2D eigenvalue weighted by Crippen LogP contribution is -2.63. The fourth-order valence-electron chi connectivity index (χ4n) is 4.75. The summed E-state index contributed by atoms with van der Waals surface area (Å²) in [7, 11) is 1.75. The zero-order valence-corrected chi connectivity index (χ0v) is 16.1. The maximum absolute atomic E-state index is 13.2. The van der Waals surface area contributed by atoms with E-state index in [-0.39, 0.29) is 17.9 Å². The summed E-state index contributed by atoms with van der Waals surface area (Å²) in [5.41, 5.74) is 0. The Labute approximate surface area is 155 Å². The molecule has 3 aliphatic heterocycles. The van der Waals surface area contributed by atoms with Crippen LogP contribution in [0.25, 0.3) is 0 Å².